The fourth-order valence-electron chi connectivity index (χ4n) is 1.35. The first kappa shape index (κ1) is 15.2. The van der Waals surface area contributed by atoms with Gasteiger partial charge in [0.25, 0.3) is 0 Å². The lowest BCUT2D eigenvalue weighted by atomic mass is 10.0. The van der Waals surface area contributed by atoms with Crippen LogP contribution in [0.2, 0.25) is 0 Å². The number of halogens is 3. The Bertz CT molecular complexity index is 454. The van der Waals surface area contributed by atoms with Gasteiger partial charge >= 0.3 is 12.1 Å². The first-order chi connectivity index (χ1) is 8.73. The number of benzene rings is 1. The monoisotopic (exact) mass is 274 g/mol. The van der Waals surface area contributed by atoms with Gasteiger partial charge in [-0.25, -0.2) is 4.79 Å². The van der Waals surface area contributed by atoms with E-state index in [4.69, 9.17) is 0 Å². The van der Waals surface area contributed by atoms with Crippen molar-refractivity contribution < 1.29 is 27.8 Å². The van der Waals surface area contributed by atoms with E-state index in [1.807, 2.05) is 0 Å². The molecular formula is C13H13F3O3. The minimum absolute atomic E-state index is 0.0460. The smallest absolute Gasteiger partial charge is 0.418 e. The quantitative estimate of drug-likeness (QED) is 0.678. The first-order valence-electron chi connectivity index (χ1n) is 5.39. The molecular weight excluding hydrogens is 261 g/mol. The number of alkyl halides is 3. The molecule has 0 amide bonds. The highest BCUT2D eigenvalue weighted by molar-refractivity contribution is 5.87. The molecule has 19 heavy (non-hydrogen) atoms. The van der Waals surface area contributed by atoms with Gasteiger partial charge in [-0.15, -0.1) is 0 Å². The summed E-state index contributed by atoms with van der Waals surface area (Å²) < 4.78 is 42.4. The number of carbonyl (C=O) groups is 1. The Morgan fingerprint density at radius 2 is 1.84 bits per heavy atom. The lowest BCUT2D eigenvalue weighted by Gasteiger charge is -2.25. The van der Waals surface area contributed by atoms with Gasteiger partial charge in [-0.2, -0.15) is 13.2 Å². The van der Waals surface area contributed by atoms with Crippen LogP contribution in [-0.4, -0.2) is 23.4 Å². The molecule has 3 nitrogen and oxygen atoms in total. The Hall–Kier alpha value is -1.82. The molecule has 1 aromatic carbocycles. The second kappa shape index (κ2) is 5.88. The zero-order valence-electron chi connectivity index (χ0n) is 10.1. The van der Waals surface area contributed by atoms with Crippen molar-refractivity contribution in [3.63, 3.8) is 0 Å². The molecule has 0 spiro atoms. The second-order valence-corrected chi connectivity index (χ2v) is 4.00. The van der Waals surface area contributed by atoms with Crippen molar-refractivity contribution in [3.05, 3.63) is 48.0 Å². The van der Waals surface area contributed by atoms with Gasteiger partial charge in [-0.05, 0) is 12.5 Å². The molecule has 0 aliphatic heterocycles. The van der Waals surface area contributed by atoms with Crippen molar-refractivity contribution in [2.45, 2.75) is 25.3 Å². The molecule has 0 aliphatic carbocycles. The van der Waals surface area contributed by atoms with Crippen LogP contribution in [0.1, 0.15) is 18.6 Å². The first-order valence-corrected chi connectivity index (χ1v) is 5.39. The topological polar surface area (TPSA) is 46.5 Å². The molecule has 2 unspecified atom stereocenters. The van der Waals surface area contributed by atoms with E-state index in [-0.39, 0.29) is 11.1 Å². The maximum atomic E-state index is 12.6. The minimum atomic E-state index is -4.89. The summed E-state index contributed by atoms with van der Waals surface area (Å²) in [6, 6.07) is 7.25. The third-order valence-corrected chi connectivity index (χ3v) is 2.33. The SMILES string of the molecule is C=C(C)C(=O)OC(c1ccccc1)C(O)C(F)(F)F. The van der Waals surface area contributed by atoms with Gasteiger partial charge in [0, 0.05) is 5.57 Å². The molecule has 0 bridgehead atoms. The molecule has 0 saturated heterocycles. The molecule has 1 aromatic rings. The van der Waals surface area contributed by atoms with E-state index in [0.717, 1.165) is 0 Å². The molecule has 0 aliphatic rings. The Balaban J connectivity index is 3.05. The molecule has 0 radical (unpaired) electrons. The number of aliphatic hydroxyl groups is 1. The highest BCUT2D eigenvalue weighted by Gasteiger charge is 2.46. The summed E-state index contributed by atoms with van der Waals surface area (Å²) in [5.74, 6) is -0.989. The van der Waals surface area contributed by atoms with Crippen LogP contribution in [0.4, 0.5) is 13.2 Å². The van der Waals surface area contributed by atoms with Crippen LogP contribution in [0.5, 0.6) is 0 Å². The standard InChI is InChI=1S/C13H13F3O3/c1-8(2)12(18)19-10(11(17)13(14,15)16)9-6-4-3-5-7-9/h3-7,10-11,17H,1H2,2H3. The fraction of sp³-hybridized carbons (Fsp3) is 0.308. The van der Waals surface area contributed by atoms with E-state index in [9.17, 15) is 23.1 Å². The molecule has 0 heterocycles. The maximum absolute atomic E-state index is 12.6. The van der Waals surface area contributed by atoms with Crippen LogP contribution in [0.15, 0.2) is 42.5 Å². The lowest BCUT2D eigenvalue weighted by Crippen LogP contribution is -2.37. The zero-order valence-corrected chi connectivity index (χ0v) is 10.1. The Morgan fingerprint density at radius 3 is 2.26 bits per heavy atom. The normalized spacial score (nSPS) is 14.6. The van der Waals surface area contributed by atoms with E-state index in [2.05, 4.69) is 11.3 Å². The molecule has 6 heteroatoms. The number of hydrogen-bond donors (Lipinski definition) is 1. The van der Waals surface area contributed by atoms with E-state index in [0.29, 0.717) is 0 Å². The van der Waals surface area contributed by atoms with Gasteiger partial charge in [0.15, 0.2) is 12.2 Å². The summed E-state index contributed by atoms with van der Waals surface area (Å²) in [5, 5.41) is 9.30. The van der Waals surface area contributed by atoms with Crippen LogP contribution in [0.3, 0.4) is 0 Å². The van der Waals surface area contributed by atoms with Crippen molar-refractivity contribution in [3.8, 4) is 0 Å². The summed E-state index contributed by atoms with van der Waals surface area (Å²) in [4.78, 5) is 11.4. The number of rotatable bonds is 4. The Morgan fingerprint density at radius 1 is 1.32 bits per heavy atom. The summed E-state index contributed by atoms with van der Waals surface area (Å²) in [6.07, 6.45) is -9.50. The van der Waals surface area contributed by atoms with Crippen LogP contribution >= 0.6 is 0 Å². The third-order valence-electron chi connectivity index (χ3n) is 2.33. The highest BCUT2D eigenvalue weighted by Crippen LogP contribution is 2.33. The molecule has 0 fully saturated rings. The number of carbonyl (C=O) groups excluding carboxylic acids is 1. The second-order valence-electron chi connectivity index (χ2n) is 4.00. The molecule has 2 atom stereocenters. The average molecular weight is 274 g/mol. The predicted molar refractivity (Wildman–Crippen MR) is 62.2 cm³/mol. The van der Waals surface area contributed by atoms with E-state index >= 15 is 0 Å². The zero-order chi connectivity index (χ0) is 14.6. The Kier molecular flexibility index (Phi) is 4.72. The van der Waals surface area contributed by atoms with E-state index in [1.54, 1.807) is 6.07 Å². The molecule has 1 N–H and O–H groups in total. The fourth-order valence-corrected chi connectivity index (χ4v) is 1.35. The van der Waals surface area contributed by atoms with Gasteiger partial charge in [0.05, 0.1) is 0 Å². The highest BCUT2D eigenvalue weighted by atomic mass is 19.4. The number of esters is 1. The average Bonchev–Trinajstić information content (AvgIpc) is 2.34. The number of aliphatic hydroxyl groups excluding tert-OH is 1. The van der Waals surface area contributed by atoms with Crippen molar-refractivity contribution in [2.75, 3.05) is 0 Å². The summed E-state index contributed by atoms with van der Waals surface area (Å²) in [6.45, 7) is 4.60. The van der Waals surface area contributed by atoms with Crippen molar-refractivity contribution >= 4 is 5.97 Å². The van der Waals surface area contributed by atoms with Crippen LogP contribution in [0, 0.1) is 0 Å². The largest absolute Gasteiger partial charge is 0.451 e. The van der Waals surface area contributed by atoms with Crippen molar-refractivity contribution in [1.29, 1.82) is 0 Å². The number of ether oxygens (including phenoxy) is 1. The van der Waals surface area contributed by atoms with Gasteiger partial charge in [0.1, 0.15) is 0 Å². The van der Waals surface area contributed by atoms with Gasteiger partial charge in [-0.1, -0.05) is 36.9 Å². The predicted octanol–water partition coefficient (Wildman–Crippen LogP) is 2.77. The molecule has 0 saturated carbocycles. The van der Waals surface area contributed by atoms with Gasteiger partial charge in [-0.3, -0.25) is 0 Å². The Labute approximate surface area is 108 Å². The maximum Gasteiger partial charge on any atom is 0.418 e. The molecule has 1 rings (SSSR count). The van der Waals surface area contributed by atoms with Crippen LogP contribution < -0.4 is 0 Å². The van der Waals surface area contributed by atoms with Gasteiger partial charge < -0.3 is 9.84 Å². The van der Waals surface area contributed by atoms with Crippen LogP contribution in [0.25, 0.3) is 0 Å². The summed E-state index contributed by atoms with van der Waals surface area (Å²) in [5.41, 5.74) is 0.0113. The molecule has 0 aromatic heterocycles. The third kappa shape index (κ3) is 4.10. The summed E-state index contributed by atoms with van der Waals surface area (Å²) >= 11 is 0. The summed E-state index contributed by atoms with van der Waals surface area (Å²) in [7, 11) is 0. The van der Waals surface area contributed by atoms with Crippen molar-refractivity contribution in [2.24, 2.45) is 0 Å². The van der Waals surface area contributed by atoms with Gasteiger partial charge in [0.2, 0.25) is 0 Å². The number of hydrogen-bond acceptors (Lipinski definition) is 3. The van der Waals surface area contributed by atoms with E-state index in [1.165, 1.54) is 31.2 Å². The van der Waals surface area contributed by atoms with Crippen LogP contribution in [-0.2, 0) is 9.53 Å². The van der Waals surface area contributed by atoms with Crippen molar-refractivity contribution in [1.82, 2.24) is 0 Å². The molecule has 104 valence electrons. The minimum Gasteiger partial charge on any atom is -0.451 e. The van der Waals surface area contributed by atoms with E-state index < -0.39 is 24.4 Å². The lowest BCUT2D eigenvalue weighted by molar-refractivity contribution is -0.236.